The lowest BCUT2D eigenvalue weighted by atomic mass is 9.81. The molecule has 4 rings (SSSR count). The first-order chi connectivity index (χ1) is 17.8. The van der Waals surface area contributed by atoms with Gasteiger partial charge in [0.25, 0.3) is 0 Å². The Kier molecular flexibility index (Phi) is 8.29. The number of carboxylic acids is 1. The van der Waals surface area contributed by atoms with Crippen molar-refractivity contribution in [3.8, 4) is 17.6 Å². The third-order valence-corrected chi connectivity index (χ3v) is 6.81. The second kappa shape index (κ2) is 11.6. The number of aliphatic carboxylic acids is 1. The zero-order valence-corrected chi connectivity index (χ0v) is 20.2. The molecule has 1 aliphatic rings. The average molecular weight is 515 g/mol. The van der Waals surface area contributed by atoms with Gasteiger partial charge in [-0.3, -0.25) is 14.7 Å². The maximum atomic E-state index is 14.6. The number of aryl methyl sites for hydroxylation is 1. The van der Waals surface area contributed by atoms with E-state index in [1.54, 1.807) is 18.2 Å². The molecule has 2 atom stereocenters. The first kappa shape index (κ1) is 26.4. The van der Waals surface area contributed by atoms with Crippen molar-refractivity contribution in [3.63, 3.8) is 0 Å². The van der Waals surface area contributed by atoms with Crippen LogP contribution < -0.4 is 4.74 Å². The molecular formula is C28H26F4N2O3. The van der Waals surface area contributed by atoms with Gasteiger partial charge in [0.1, 0.15) is 17.4 Å². The van der Waals surface area contributed by atoms with Crippen LogP contribution in [0.15, 0.2) is 36.5 Å². The van der Waals surface area contributed by atoms with E-state index in [0.29, 0.717) is 60.5 Å². The van der Waals surface area contributed by atoms with Crippen LogP contribution in [-0.4, -0.2) is 47.7 Å². The highest BCUT2D eigenvalue weighted by Gasteiger charge is 2.33. The largest absolute Gasteiger partial charge is 0.497 e. The Morgan fingerprint density at radius 3 is 2.76 bits per heavy atom. The van der Waals surface area contributed by atoms with E-state index in [2.05, 4.69) is 16.8 Å². The van der Waals surface area contributed by atoms with E-state index in [9.17, 15) is 27.5 Å². The van der Waals surface area contributed by atoms with Crippen LogP contribution in [-0.2, 0) is 11.2 Å². The van der Waals surface area contributed by atoms with Crippen molar-refractivity contribution in [2.45, 2.75) is 25.7 Å². The Bertz CT molecular complexity index is 1370. The van der Waals surface area contributed by atoms with Gasteiger partial charge in [-0.1, -0.05) is 11.8 Å². The number of likely N-dealkylation sites (tertiary alicyclic amines) is 1. The van der Waals surface area contributed by atoms with Crippen LogP contribution in [0.3, 0.4) is 0 Å². The van der Waals surface area contributed by atoms with Crippen molar-refractivity contribution in [1.29, 1.82) is 0 Å². The third kappa shape index (κ3) is 6.20. The molecule has 0 bridgehead atoms. The van der Waals surface area contributed by atoms with Crippen molar-refractivity contribution in [3.05, 3.63) is 70.9 Å². The maximum Gasteiger partial charge on any atom is 0.308 e. The number of hydrogen-bond acceptors (Lipinski definition) is 4. The van der Waals surface area contributed by atoms with E-state index in [1.807, 2.05) is 4.90 Å². The van der Waals surface area contributed by atoms with Crippen LogP contribution in [0, 0.1) is 46.9 Å². The minimum absolute atomic E-state index is 0.0952. The van der Waals surface area contributed by atoms with Crippen LogP contribution in [0.5, 0.6) is 5.75 Å². The lowest BCUT2D eigenvalue weighted by Gasteiger charge is -2.35. The van der Waals surface area contributed by atoms with Crippen LogP contribution in [0.25, 0.3) is 10.9 Å². The summed E-state index contributed by atoms with van der Waals surface area (Å²) in [4.78, 5) is 17.9. The van der Waals surface area contributed by atoms with Crippen molar-refractivity contribution in [2.24, 2.45) is 11.8 Å². The summed E-state index contributed by atoms with van der Waals surface area (Å²) in [6.45, 7) is 0.968. The first-order valence-electron chi connectivity index (χ1n) is 12.0. The maximum absolute atomic E-state index is 14.6. The molecule has 37 heavy (non-hydrogen) atoms. The molecule has 0 spiro atoms. The van der Waals surface area contributed by atoms with Crippen molar-refractivity contribution >= 4 is 16.9 Å². The molecule has 1 fully saturated rings. The summed E-state index contributed by atoms with van der Waals surface area (Å²) in [5, 5.41) is 10.5. The quantitative estimate of drug-likeness (QED) is 0.267. The number of halogens is 4. The average Bonchev–Trinajstić information content (AvgIpc) is 2.88. The van der Waals surface area contributed by atoms with Crippen LogP contribution >= 0.6 is 0 Å². The van der Waals surface area contributed by atoms with Crippen molar-refractivity contribution < 1.29 is 32.2 Å². The minimum Gasteiger partial charge on any atom is -0.497 e. The molecular weight excluding hydrogens is 488 g/mol. The van der Waals surface area contributed by atoms with Gasteiger partial charge in [-0.2, -0.15) is 0 Å². The van der Waals surface area contributed by atoms with Gasteiger partial charge in [0.05, 0.1) is 36.8 Å². The van der Waals surface area contributed by atoms with E-state index in [-0.39, 0.29) is 24.6 Å². The molecule has 0 amide bonds. The summed E-state index contributed by atoms with van der Waals surface area (Å²) in [7, 11) is 1.54. The van der Waals surface area contributed by atoms with Gasteiger partial charge in [0.2, 0.25) is 0 Å². The second-order valence-electron chi connectivity index (χ2n) is 9.14. The van der Waals surface area contributed by atoms with Gasteiger partial charge in [-0.25, -0.2) is 17.6 Å². The Labute approximate surface area is 212 Å². The summed E-state index contributed by atoms with van der Waals surface area (Å²) in [6, 6.07) is 6.56. The van der Waals surface area contributed by atoms with E-state index < -0.39 is 35.2 Å². The molecule has 0 radical (unpaired) electrons. The predicted octanol–water partition coefficient (Wildman–Crippen LogP) is 5.20. The van der Waals surface area contributed by atoms with Crippen LogP contribution in [0.1, 0.15) is 30.4 Å². The topological polar surface area (TPSA) is 62.7 Å². The molecule has 3 aromatic rings. The molecule has 2 unspecified atom stereocenters. The lowest BCUT2D eigenvalue weighted by molar-refractivity contribution is -0.146. The predicted molar refractivity (Wildman–Crippen MR) is 130 cm³/mol. The Hall–Kier alpha value is -3.64. The standard InChI is InChI=1S/C28H26F4N2O3/c1-37-20-7-8-26-22(14-20)21(25(31)15-33-26)6-2-4-17-9-11-34(16-23(17)28(35)36)10-3-5-18-12-19(29)13-24(30)27(18)32/h7-8,12-15,17,23H,2,4,6,9-11,16H2,1H3,(H,35,36). The molecule has 2 aromatic carbocycles. The normalized spacial score (nSPS) is 17.9. The summed E-state index contributed by atoms with van der Waals surface area (Å²) in [5.41, 5.74) is 0.816. The molecule has 1 aliphatic heterocycles. The van der Waals surface area contributed by atoms with E-state index in [1.165, 1.54) is 13.3 Å². The van der Waals surface area contributed by atoms with Gasteiger partial charge < -0.3 is 9.84 Å². The number of aromatic nitrogens is 1. The Morgan fingerprint density at radius 1 is 1.19 bits per heavy atom. The van der Waals surface area contributed by atoms with Crippen molar-refractivity contribution in [1.82, 2.24) is 9.88 Å². The van der Waals surface area contributed by atoms with Crippen molar-refractivity contribution in [2.75, 3.05) is 26.7 Å². The lowest BCUT2D eigenvalue weighted by Crippen LogP contribution is -2.44. The van der Waals surface area contributed by atoms with Gasteiger partial charge in [0.15, 0.2) is 11.6 Å². The SMILES string of the molecule is COc1ccc2ncc(F)c(CCCC3CCN(CC#Cc4cc(F)cc(F)c4F)CC3C(=O)O)c2c1. The Balaban J connectivity index is 1.38. The van der Waals surface area contributed by atoms with E-state index >= 15 is 0 Å². The highest BCUT2D eigenvalue weighted by Crippen LogP contribution is 2.30. The third-order valence-electron chi connectivity index (χ3n) is 6.81. The molecule has 0 saturated carbocycles. The van der Waals surface area contributed by atoms with Gasteiger partial charge in [0, 0.05) is 18.0 Å². The number of pyridine rings is 1. The van der Waals surface area contributed by atoms with E-state index in [0.717, 1.165) is 6.07 Å². The van der Waals surface area contributed by atoms with Gasteiger partial charge in [-0.15, -0.1) is 0 Å². The molecule has 1 N–H and O–H groups in total. The number of carbonyl (C=O) groups is 1. The van der Waals surface area contributed by atoms with Crippen LogP contribution in [0.2, 0.25) is 0 Å². The van der Waals surface area contributed by atoms with Gasteiger partial charge >= 0.3 is 5.97 Å². The monoisotopic (exact) mass is 514 g/mol. The number of hydrogen-bond donors (Lipinski definition) is 1. The smallest absolute Gasteiger partial charge is 0.308 e. The number of methoxy groups -OCH3 is 1. The second-order valence-corrected chi connectivity index (χ2v) is 9.14. The number of nitrogens with zero attached hydrogens (tertiary/aromatic N) is 2. The molecule has 1 saturated heterocycles. The van der Waals surface area contributed by atoms with E-state index in [4.69, 9.17) is 4.74 Å². The number of fused-ring (bicyclic) bond motifs is 1. The number of piperidine rings is 1. The summed E-state index contributed by atoms with van der Waals surface area (Å²) >= 11 is 0. The molecule has 1 aromatic heterocycles. The molecule has 0 aliphatic carbocycles. The fraction of sp³-hybridized carbons (Fsp3) is 0.357. The highest BCUT2D eigenvalue weighted by molar-refractivity contribution is 5.83. The summed E-state index contributed by atoms with van der Waals surface area (Å²) in [6.07, 6.45) is 3.46. The van der Waals surface area contributed by atoms with Crippen LogP contribution in [0.4, 0.5) is 17.6 Å². The highest BCUT2D eigenvalue weighted by atomic mass is 19.2. The fourth-order valence-corrected chi connectivity index (χ4v) is 4.85. The zero-order chi connectivity index (χ0) is 26.5. The molecule has 9 heteroatoms. The number of rotatable bonds is 7. The minimum atomic E-state index is -1.31. The molecule has 194 valence electrons. The number of benzene rings is 2. The fourth-order valence-electron chi connectivity index (χ4n) is 4.85. The molecule has 5 nitrogen and oxygen atoms in total. The summed E-state index contributed by atoms with van der Waals surface area (Å²) in [5.74, 6) is 0.216. The van der Waals surface area contributed by atoms with Gasteiger partial charge in [-0.05, 0) is 68.0 Å². The summed E-state index contributed by atoms with van der Waals surface area (Å²) < 4.78 is 60.3. The zero-order valence-electron chi connectivity index (χ0n) is 20.2. The number of ether oxygens (including phenoxy) is 1. The Morgan fingerprint density at radius 2 is 2.00 bits per heavy atom. The first-order valence-corrected chi connectivity index (χ1v) is 12.0. The molecule has 2 heterocycles. The number of carboxylic acid groups (broad SMARTS) is 1.